The van der Waals surface area contributed by atoms with Crippen molar-refractivity contribution < 1.29 is 0 Å². The average molecular weight is 281 g/mol. The van der Waals surface area contributed by atoms with Gasteiger partial charge in [0.1, 0.15) is 11.1 Å². The van der Waals surface area contributed by atoms with Gasteiger partial charge in [0.25, 0.3) is 0 Å². The Balaban J connectivity index is 1.94. The Morgan fingerprint density at radius 3 is 3.00 bits per heavy atom. The van der Waals surface area contributed by atoms with Crippen LogP contribution in [0.1, 0.15) is 40.8 Å². The molecule has 0 aromatic carbocycles. The highest BCUT2D eigenvalue weighted by Gasteiger charge is 2.19. The second-order valence-electron chi connectivity index (χ2n) is 4.90. The Labute approximate surface area is 122 Å². The number of aliphatic imine (C=N–C) groups is 1. The second-order valence-corrected chi connectivity index (χ2v) is 5.98. The van der Waals surface area contributed by atoms with Crippen molar-refractivity contribution in [1.82, 2.24) is 4.98 Å². The van der Waals surface area contributed by atoms with E-state index in [0.717, 1.165) is 29.0 Å². The third-order valence-electron chi connectivity index (χ3n) is 3.53. The molecule has 0 atom stereocenters. The molecule has 3 nitrogen and oxygen atoms in total. The zero-order valence-electron chi connectivity index (χ0n) is 11.2. The maximum absolute atomic E-state index is 9.42. The number of nitrogens with zero attached hydrogens (tertiary/aromatic N) is 3. The van der Waals surface area contributed by atoms with Gasteiger partial charge in [-0.25, -0.2) is 4.99 Å². The van der Waals surface area contributed by atoms with Crippen molar-refractivity contribution in [2.24, 2.45) is 4.99 Å². The zero-order chi connectivity index (χ0) is 13.8. The Bertz CT molecular complexity index is 665. The van der Waals surface area contributed by atoms with Gasteiger partial charge in [0, 0.05) is 29.0 Å². The molecule has 0 saturated carbocycles. The first kappa shape index (κ1) is 13.0. The van der Waals surface area contributed by atoms with E-state index in [4.69, 9.17) is 0 Å². The molecule has 1 aliphatic carbocycles. The summed E-state index contributed by atoms with van der Waals surface area (Å²) in [6, 6.07) is 6.19. The van der Waals surface area contributed by atoms with Gasteiger partial charge in [-0.2, -0.15) is 5.26 Å². The number of thiophene rings is 1. The molecule has 0 unspecified atom stereocenters. The molecule has 0 bridgehead atoms. The lowest BCUT2D eigenvalue weighted by Gasteiger charge is -1.96. The molecule has 2 aromatic rings. The molecule has 0 aliphatic heterocycles. The molecule has 4 heteroatoms. The SMILES string of the molecule is N#Cc1c(/N=C/c2cccnc2)sc2c1CCCCC2. The molecule has 0 N–H and O–H groups in total. The highest BCUT2D eigenvalue weighted by molar-refractivity contribution is 7.16. The molecular weight excluding hydrogens is 266 g/mol. The minimum absolute atomic E-state index is 0.784. The van der Waals surface area contributed by atoms with Crippen LogP contribution in [0.5, 0.6) is 0 Å². The molecule has 2 aromatic heterocycles. The Hall–Kier alpha value is -1.99. The van der Waals surface area contributed by atoms with E-state index < -0.39 is 0 Å². The van der Waals surface area contributed by atoms with Crippen molar-refractivity contribution in [2.75, 3.05) is 0 Å². The Morgan fingerprint density at radius 2 is 2.20 bits per heavy atom. The van der Waals surface area contributed by atoms with Crippen LogP contribution in [0.25, 0.3) is 0 Å². The summed E-state index contributed by atoms with van der Waals surface area (Å²) in [6.45, 7) is 0. The van der Waals surface area contributed by atoms with Gasteiger partial charge in [-0.05, 0) is 37.3 Å². The minimum atomic E-state index is 0.784. The van der Waals surface area contributed by atoms with E-state index in [1.165, 1.54) is 29.7 Å². The van der Waals surface area contributed by atoms with Crippen LogP contribution in [0.15, 0.2) is 29.5 Å². The van der Waals surface area contributed by atoms with Crippen LogP contribution in [0.3, 0.4) is 0 Å². The standard InChI is InChI=1S/C16H15N3S/c17-9-14-13-6-2-1-3-7-15(13)20-16(14)19-11-12-5-4-8-18-10-12/h4-5,8,10-11H,1-3,6-7H2/b19-11+. The molecule has 100 valence electrons. The monoisotopic (exact) mass is 281 g/mol. The van der Waals surface area contributed by atoms with Gasteiger partial charge in [0.05, 0.1) is 5.56 Å². The topological polar surface area (TPSA) is 49.0 Å². The summed E-state index contributed by atoms with van der Waals surface area (Å²) in [5, 5.41) is 10.3. The van der Waals surface area contributed by atoms with E-state index in [-0.39, 0.29) is 0 Å². The molecule has 20 heavy (non-hydrogen) atoms. The third kappa shape index (κ3) is 2.63. The van der Waals surface area contributed by atoms with Crippen LogP contribution in [0.2, 0.25) is 0 Å². The van der Waals surface area contributed by atoms with Gasteiger partial charge in [-0.15, -0.1) is 11.3 Å². The fraction of sp³-hybridized carbons (Fsp3) is 0.312. The van der Waals surface area contributed by atoms with Crippen LogP contribution in [0.4, 0.5) is 5.00 Å². The molecule has 0 amide bonds. The normalized spacial score (nSPS) is 14.8. The first-order chi connectivity index (χ1) is 9.88. The van der Waals surface area contributed by atoms with Crippen LogP contribution in [-0.2, 0) is 12.8 Å². The quantitative estimate of drug-likeness (QED) is 0.616. The van der Waals surface area contributed by atoms with Crippen LogP contribution < -0.4 is 0 Å². The lowest BCUT2D eigenvalue weighted by molar-refractivity contribution is 0.712. The molecule has 2 heterocycles. The highest BCUT2D eigenvalue weighted by atomic mass is 32.1. The summed E-state index contributed by atoms with van der Waals surface area (Å²) in [5.41, 5.74) is 2.99. The summed E-state index contributed by atoms with van der Waals surface area (Å²) in [5.74, 6) is 0. The molecule has 0 spiro atoms. The van der Waals surface area contributed by atoms with Crippen molar-refractivity contribution in [3.63, 3.8) is 0 Å². The van der Waals surface area contributed by atoms with Crippen LogP contribution >= 0.6 is 11.3 Å². The van der Waals surface area contributed by atoms with E-state index in [1.54, 1.807) is 29.9 Å². The number of pyridine rings is 1. The number of aryl methyl sites for hydroxylation is 1. The lowest BCUT2D eigenvalue weighted by Crippen LogP contribution is -1.87. The van der Waals surface area contributed by atoms with Gasteiger partial charge in [0.15, 0.2) is 0 Å². The van der Waals surface area contributed by atoms with Crippen molar-refractivity contribution in [3.05, 3.63) is 46.1 Å². The predicted molar refractivity (Wildman–Crippen MR) is 81.8 cm³/mol. The number of fused-ring (bicyclic) bond motifs is 1. The molecule has 1 aliphatic rings. The first-order valence-corrected chi connectivity index (χ1v) is 7.69. The molecular formula is C16H15N3S. The summed E-state index contributed by atoms with van der Waals surface area (Å²) in [6.07, 6.45) is 11.1. The number of aromatic nitrogens is 1. The third-order valence-corrected chi connectivity index (χ3v) is 4.73. The van der Waals surface area contributed by atoms with Gasteiger partial charge < -0.3 is 0 Å². The average Bonchev–Trinajstić information content (AvgIpc) is 2.66. The Kier molecular flexibility index (Phi) is 3.89. The second kappa shape index (κ2) is 5.98. The van der Waals surface area contributed by atoms with Gasteiger partial charge >= 0.3 is 0 Å². The number of hydrogen-bond donors (Lipinski definition) is 0. The number of hydrogen-bond acceptors (Lipinski definition) is 4. The first-order valence-electron chi connectivity index (χ1n) is 6.87. The maximum atomic E-state index is 9.42. The number of rotatable bonds is 2. The number of nitriles is 1. The Morgan fingerprint density at radius 1 is 1.30 bits per heavy atom. The van der Waals surface area contributed by atoms with Crippen molar-refractivity contribution in [3.8, 4) is 6.07 Å². The van der Waals surface area contributed by atoms with E-state index in [1.807, 2.05) is 12.1 Å². The van der Waals surface area contributed by atoms with E-state index in [2.05, 4.69) is 16.0 Å². The molecule has 0 saturated heterocycles. The zero-order valence-corrected chi connectivity index (χ0v) is 12.0. The van der Waals surface area contributed by atoms with E-state index >= 15 is 0 Å². The minimum Gasteiger partial charge on any atom is -0.264 e. The van der Waals surface area contributed by atoms with Crippen molar-refractivity contribution in [2.45, 2.75) is 32.1 Å². The summed E-state index contributed by atoms with van der Waals surface area (Å²) in [7, 11) is 0. The maximum Gasteiger partial charge on any atom is 0.134 e. The van der Waals surface area contributed by atoms with Gasteiger partial charge in [-0.3, -0.25) is 4.98 Å². The molecule has 3 rings (SSSR count). The van der Waals surface area contributed by atoms with Crippen molar-refractivity contribution in [1.29, 1.82) is 5.26 Å². The molecule has 0 radical (unpaired) electrons. The smallest absolute Gasteiger partial charge is 0.134 e. The lowest BCUT2D eigenvalue weighted by atomic mass is 10.1. The summed E-state index contributed by atoms with van der Waals surface area (Å²) < 4.78 is 0. The fourth-order valence-corrected chi connectivity index (χ4v) is 3.70. The summed E-state index contributed by atoms with van der Waals surface area (Å²) >= 11 is 1.68. The van der Waals surface area contributed by atoms with Crippen LogP contribution in [0, 0.1) is 11.3 Å². The molecule has 0 fully saturated rings. The largest absolute Gasteiger partial charge is 0.264 e. The highest BCUT2D eigenvalue weighted by Crippen LogP contribution is 2.38. The van der Waals surface area contributed by atoms with Crippen molar-refractivity contribution >= 4 is 22.6 Å². The van der Waals surface area contributed by atoms with E-state index in [9.17, 15) is 5.26 Å². The van der Waals surface area contributed by atoms with Gasteiger partial charge in [0.2, 0.25) is 0 Å². The van der Waals surface area contributed by atoms with E-state index in [0.29, 0.717) is 0 Å². The predicted octanol–water partition coefficient (Wildman–Crippen LogP) is 4.03. The fourth-order valence-electron chi connectivity index (χ4n) is 2.52. The van der Waals surface area contributed by atoms with Gasteiger partial charge in [-0.1, -0.05) is 12.5 Å². The van der Waals surface area contributed by atoms with Crippen LogP contribution in [-0.4, -0.2) is 11.2 Å². The summed E-state index contributed by atoms with van der Waals surface area (Å²) in [4.78, 5) is 9.94.